The molecule has 0 aliphatic heterocycles. The lowest BCUT2D eigenvalue weighted by atomic mass is 10.2. The van der Waals surface area contributed by atoms with Gasteiger partial charge in [-0.2, -0.15) is 0 Å². The first kappa shape index (κ1) is 11.7. The number of halogens is 2. The predicted octanol–water partition coefficient (Wildman–Crippen LogP) is 3.21. The van der Waals surface area contributed by atoms with Crippen LogP contribution in [0.25, 0.3) is 11.3 Å². The third-order valence-electron chi connectivity index (χ3n) is 2.12. The van der Waals surface area contributed by atoms with Gasteiger partial charge in [0.05, 0.1) is 10.7 Å². The zero-order valence-corrected chi connectivity index (χ0v) is 10.8. The van der Waals surface area contributed by atoms with E-state index in [0.29, 0.717) is 6.54 Å². The van der Waals surface area contributed by atoms with Crippen molar-refractivity contribution >= 4 is 27.3 Å². The van der Waals surface area contributed by atoms with Crippen LogP contribution in [0.4, 0.5) is 4.39 Å². The van der Waals surface area contributed by atoms with E-state index in [1.807, 2.05) is 5.38 Å². The number of hydrogen-bond acceptors (Lipinski definition) is 3. The summed E-state index contributed by atoms with van der Waals surface area (Å²) in [4.78, 5) is 4.45. The van der Waals surface area contributed by atoms with E-state index in [9.17, 15) is 4.39 Å². The minimum Gasteiger partial charge on any atom is -0.330 e. The summed E-state index contributed by atoms with van der Waals surface area (Å²) >= 11 is 4.91. The highest BCUT2D eigenvalue weighted by atomic mass is 79.9. The molecule has 0 fully saturated rings. The van der Waals surface area contributed by atoms with Crippen molar-refractivity contribution in [1.29, 1.82) is 0 Å². The summed E-state index contributed by atoms with van der Waals surface area (Å²) in [5, 5.41) is 2.97. The van der Waals surface area contributed by atoms with E-state index in [2.05, 4.69) is 20.9 Å². The fourth-order valence-corrected chi connectivity index (χ4v) is 2.74. The molecule has 84 valence electrons. The van der Waals surface area contributed by atoms with Gasteiger partial charge in [0.1, 0.15) is 5.82 Å². The van der Waals surface area contributed by atoms with Crippen LogP contribution in [0.15, 0.2) is 28.1 Å². The summed E-state index contributed by atoms with van der Waals surface area (Å²) in [5.41, 5.74) is 7.23. The van der Waals surface area contributed by atoms with E-state index in [1.54, 1.807) is 17.4 Å². The molecular formula is C11H10BrFN2S. The van der Waals surface area contributed by atoms with Crippen molar-refractivity contribution in [2.24, 2.45) is 5.73 Å². The molecule has 16 heavy (non-hydrogen) atoms. The second-order valence-corrected chi connectivity index (χ2v) is 5.09. The summed E-state index contributed by atoms with van der Waals surface area (Å²) in [5.74, 6) is -0.256. The van der Waals surface area contributed by atoms with E-state index in [1.165, 1.54) is 12.1 Å². The standard InChI is InChI=1S/C11H10BrFN2S/c12-9-5-7(13)1-2-8(9)10-6-16-11(15-10)3-4-14/h1-2,5-6H,3-4,14H2. The van der Waals surface area contributed by atoms with Crippen molar-refractivity contribution in [2.75, 3.05) is 6.54 Å². The van der Waals surface area contributed by atoms with Crippen LogP contribution >= 0.6 is 27.3 Å². The molecular weight excluding hydrogens is 291 g/mol. The molecule has 5 heteroatoms. The highest BCUT2D eigenvalue weighted by Gasteiger charge is 2.08. The fourth-order valence-electron chi connectivity index (χ4n) is 1.37. The molecule has 0 bridgehead atoms. The molecule has 0 saturated carbocycles. The molecule has 2 rings (SSSR count). The van der Waals surface area contributed by atoms with Gasteiger partial charge in [-0.3, -0.25) is 0 Å². The SMILES string of the molecule is NCCc1nc(-c2ccc(F)cc2Br)cs1. The molecule has 2 nitrogen and oxygen atoms in total. The van der Waals surface area contributed by atoms with Gasteiger partial charge in [-0.25, -0.2) is 9.37 Å². The average Bonchev–Trinajstić information content (AvgIpc) is 2.67. The lowest BCUT2D eigenvalue weighted by molar-refractivity contribution is 0.627. The Morgan fingerprint density at radius 2 is 2.25 bits per heavy atom. The van der Waals surface area contributed by atoms with Crippen LogP contribution in [-0.4, -0.2) is 11.5 Å². The van der Waals surface area contributed by atoms with Crippen molar-refractivity contribution in [1.82, 2.24) is 4.98 Å². The molecule has 0 saturated heterocycles. The number of thiazole rings is 1. The van der Waals surface area contributed by atoms with E-state index in [0.717, 1.165) is 27.2 Å². The van der Waals surface area contributed by atoms with Crippen molar-refractivity contribution in [3.05, 3.63) is 38.9 Å². The number of benzene rings is 1. The zero-order chi connectivity index (χ0) is 11.5. The van der Waals surface area contributed by atoms with Gasteiger partial charge in [0.2, 0.25) is 0 Å². The Labute approximate surface area is 105 Å². The van der Waals surface area contributed by atoms with Crippen molar-refractivity contribution in [2.45, 2.75) is 6.42 Å². The fraction of sp³-hybridized carbons (Fsp3) is 0.182. The van der Waals surface area contributed by atoms with Crippen LogP contribution in [0.5, 0.6) is 0 Å². The maximum absolute atomic E-state index is 12.9. The van der Waals surface area contributed by atoms with Crippen LogP contribution in [0.1, 0.15) is 5.01 Å². The molecule has 1 aromatic heterocycles. The summed E-state index contributed by atoms with van der Waals surface area (Å²) in [6.07, 6.45) is 0.781. The van der Waals surface area contributed by atoms with Crippen LogP contribution < -0.4 is 5.73 Å². The minimum atomic E-state index is -0.256. The first-order valence-electron chi connectivity index (χ1n) is 4.80. The van der Waals surface area contributed by atoms with Gasteiger partial charge in [-0.15, -0.1) is 11.3 Å². The van der Waals surface area contributed by atoms with E-state index in [-0.39, 0.29) is 5.82 Å². The number of nitrogens with two attached hydrogens (primary N) is 1. The Balaban J connectivity index is 2.35. The first-order chi connectivity index (χ1) is 7.70. The van der Waals surface area contributed by atoms with Gasteiger partial charge in [0.25, 0.3) is 0 Å². The number of aromatic nitrogens is 1. The van der Waals surface area contributed by atoms with E-state index >= 15 is 0 Å². The number of hydrogen-bond donors (Lipinski definition) is 1. The molecule has 1 heterocycles. The van der Waals surface area contributed by atoms with E-state index in [4.69, 9.17) is 5.73 Å². The van der Waals surface area contributed by atoms with Gasteiger partial charge < -0.3 is 5.73 Å². The minimum absolute atomic E-state index is 0.256. The van der Waals surface area contributed by atoms with Gasteiger partial charge in [0.15, 0.2) is 0 Å². The number of rotatable bonds is 3. The van der Waals surface area contributed by atoms with Crippen LogP contribution in [0, 0.1) is 5.82 Å². The summed E-state index contributed by atoms with van der Waals surface area (Å²) in [6, 6.07) is 4.60. The zero-order valence-electron chi connectivity index (χ0n) is 8.41. The van der Waals surface area contributed by atoms with Gasteiger partial charge >= 0.3 is 0 Å². The predicted molar refractivity (Wildman–Crippen MR) is 68.0 cm³/mol. The monoisotopic (exact) mass is 300 g/mol. The molecule has 0 aliphatic carbocycles. The highest BCUT2D eigenvalue weighted by Crippen LogP contribution is 2.29. The largest absolute Gasteiger partial charge is 0.330 e. The smallest absolute Gasteiger partial charge is 0.124 e. The molecule has 0 spiro atoms. The third-order valence-corrected chi connectivity index (χ3v) is 3.68. The Morgan fingerprint density at radius 3 is 2.94 bits per heavy atom. The Morgan fingerprint density at radius 1 is 1.44 bits per heavy atom. The molecule has 0 aliphatic rings. The lowest BCUT2D eigenvalue weighted by Gasteiger charge is -2.00. The summed E-state index contributed by atoms with van der Waals surface area (Å²) in [7, 11) is 0. The normalized spacial score (nSPS) is 10.7. The van der Waals surface area contributed by atoms with Crippen molar-refractivity contribution in [3.63, 3.8) is 0 Å². The first-order valence-corrected chi connectivity index (χ1v) is 6.48. The van der Waals surface area contributed by atoms with E-state index < -0.39 is 0 Å². The van der Waals surface area contributed by atoms with Gasteiger partial charge in [0, 0.05) is 21.8 Å². The second-order valence-electron chi connectivity index (χ2n) is 3.29. The maximum atomic E-state index is 12.9. The van der Waals surface area contributed by atoms with Crippen LogP contribution in [-0.2, 0) is 6.42 Å². The Kier molecular flexibility index (Phi) is 3.68. The molecule has 0 radical (unpaired) electrons. The summed E-state index contributed by atoms with van der Waals surface area (Å²) in [6.45, 7) is 0.595. The second kappa shape index (κ2) is 5.03. The average molecular weight is 301 g/mol. The topological polar surface area (TPSA) is 38.9 Å². The van der Waals surface area contributed by atoms with Crippen LogP contribution in [0.3, 0.4) is 0 Å². The van der Waals surface area contributed by atoms with Crippen LogP contribution in [0.2, 0.25) is 0 Å². The van der Waals surface area contributed by atoms with Crippen molar-refractivity contribution in [3.8, 4) is 11.3 Å². The highest BCUT2D eigenvalue weighted by molar-refractivity contribution is 9.10. The molecule has 0 atom stereocenters. The molecule has 1 aromatic carbocycles. The number of nitrogens with zero attached hydrogens (tertiary/aromatic N) is 1. The quantitative estimate of drug-likeness (QED) is 0.945. The molecule has 2 aromatic rings. The summed E-state index contributed by atoms with van der Waals surface area (Å²) < 4.78 is 13.6. The molecule has 2 N–H and O–H groups in total. The van der Waals surface area contributed by atoms with Gasteiger partial charge in [-0.1, -0.05) is 0 Å². The maximum Gasteiger partial charge on any atom is 0.124 e. The molecule has 0 amide bonds. The molecule has 0 unspecified atom stereocenters. The van der Waals surface area contributed by atoms with Gasteiger partial charge in [-0.05, 0) is 40.7 Å². The lowest BCUT2D eigenvalue weighted by Crippen LogP contribution is -2.01. The Bertz CT molecular complexity index is 498. The Hall–Kier alpha value is -0.780. The van der Waals surface area contributed by atoms with Crippen molar-refractivity contribution < 1.29 is 4.39 Å². The third kappa shape index (κ3) is 2.48.